The molecule has 9 heteroatoms. The van der Waals surface area contributed by atoms with Gasteiger partial charge in [0.15, 0.2) is 0 Å². The second-order valence-electron chi connectivity index (χ2n) is 12.6. The van der Waals surface area contributed by atoms with E-state index in [4.69, 9.17) is 4.74 Å². The Balaban J connectivity index is 1.42. The van der Waals surface area contributed by atoms with Crippen molar-refractivity contribution in [3.05, 3.63) is 60.0 Å². The van der Waals surface area contributed by atoms with Gasteiger partial charge in [-0.05, 0) is 58.1 Å². The number of nitrogens with zero attached hydrogens (tertiary/aromatic N) is 2. The van der Waals surface area contributed by atoms with E-state index < -0.39 is 23.8 Å². The molecule has 0 radical (unpaired) electrons. The van der Waals surface area contributed by atoms with Gasteiger partial charge >= 0.3 is 6.09 Å². The van der Waals surface area contributed by atoms with Gasteiger partial charge in [0.25, 0.3) is 0 Å². The van der Waals surface area contributed by atoms with Crippen LogP contribution < -0.4 is 5.32 Å². The number of amides is 3. The van der Waals surface area contributed by atoms with Crippen LogP contribution in [0.15, 0.2) is 43.0 Å². The molecule has 8 nitrogen and oxygen atoms in total. The number of ether oxygens (including phenoxy) is 1. The van der Waals surface area contributed by atoms with Crippen LogP contribution in [0, 0.1) is 29.0 Å². The molecule has 224 valence electrons. The number of hydrogen-bond donors (Lipinski definition) is 1. The molecule has 2 heterocycles. The number of benzene rings is 1. The van der Waals surface area contributed by atoms with E-state index >= 15 is 0 Å². The molecule has 1 aromatic rings. The van der Waals surface area contributed by atoms with Crippen LogP contribution in [-0.2, 0) is 32.2 Å². The molecule has 42 heavy (non-hydrogen) atoms. The molecule has 0 aromatic heterocycles. The molecule has 1 saturated carbocycles. The van der Waals surface area contributed by atoms with Gasteiger partial charge < -0.3 is 15.0 Å². The van der Waals surface area contributed by atoms with E-state index in [0.29, 0.717) is 12.0 Å². The smallest absolute Gasteiger partial charge is 0.410 e. The first-order valence-corrected chi connectivity index (χ1v) is 14.4. The Morgan fingerprint density at radius 1 is 1.21 bits per heavy atom. The van der Waals surface area contributed by atoms with Gasteiger partial charge in [-0.1, -0.05) is 36.3 Å². The highest BCUT2D eigenvalue weighted by Gasteiger charge is 2.55. The van der Waals surface area contributed by atoms with E-state index in [9.17, 15) is 23.6 Å². The lowest BCUT2D eigenvalue weighted by molar-refractivity contribution is -0.139. The third-order valence-corrected chi connectivity index (χ3v) is 8.12. The average Bonchev–Trinajstić information content (AvgIpc) is 3.24. The number of hydrogen-bond acceptors (Lipinski definition) is 5. The number of carbonyl (C=O) groups excluding carboxylic acids is 4. The molecule has 3 aliphatic rings. The van der Waals surface area contributed by atoms with Crippen LogP contribution in [0.1, 0.15) is 70.9 Å². The second-order valence-corrected chi connectivity index (χ2v) is 12.6. The van der Waals surface area contributed by atoms with E-state index in [2.05, 4.69) is 30.3 Å². The Hall–Kier alpha value is -3.93. The Labute approximate surface area is 247 Å². The summed E-state index contributed by atoms with van der Waals surface area (Å²) in [6.07, 6.45) is 1.71. The molecule has 4 rings (SSSR count). The Kier molecular flexibility index (Phi) is 8.95. The molecule has 0 bridgehead atoms. The van der Waals surface area contributed by atoms with Crippen molar-refractivity contribution in [2.45, 2.75) is 90.6 Å². The van der Waals surface area contributed by atoms with E-state index in [1.165, 1.54) is 15.9 Å². The first kappa shape index (κ1) is 31.0. The first-order chi connectivity index (χ1) is 19.7. The zero-order valence-electron chi connectivity index (χ0n) is 24.9. The standard InChI is InChI=1S/C33H40FN3O5/c1-7-23-17-33(23,21(2)3)35-30(40)28-16-25(42-31(41)36-18-22-10-8-12-27(34)26(22)20-36)19-37(28)29(39)13-9-11-24(38)14-15-32(4,5)6/h7-8,10,12,23,25,28H,1-2,9,11,13,16-20H2,3-6H3,(H,35,40)/t23-,25?,28?,33+/m1/s1. The van der Waals surface area contributed by atoms with Crippen molar-refractivity contribution in [1.82, 2.24) is 15.1 Å². The Morgan fingerprint density at radius 2 is 1.95 bits per heavy atom. The van der Waals surface area contributed by atoms with Gasteiger partial charge in [-0.2, -0.15) is 0 Å². The van der Waals surface area contributed by atoms with Crippen LogP contribution in [0.5, 0.6) is 0 Å². The minimum Gasteiger partial charge on any atom is -0.444 e. The van der Waals surface area contributed by atoms with Crippen molar-refractivity contribution in [2.24, 2.45) is 11.3 Å². The minimum atomic E-state index is -0.859. The zero-order valence-corrected chi connectivity index (χ0v) is 24.9. The van der Waals surface area contributed by atoms with Crippen molar-refractivity contribution in [1.29, 1.82) is 0 Å². The Morgan fingerprint density at radius 3 is 2.57 bits per heavy atom. The highest BCUT2D eigenvalue weighted by atomic mass is 19.1. The molecule has 1 aliphatic carbocycles. The highest BCUT2D eigenvalue weighted by Crippen LogP contribution is 2.49. The lowest BCUT2D eigenvalue weighted by atomic mass is 9.97. The lowest BCUT2D eigenvalue weighted by Gasteiger charge is -2.27. The maximum absolute atomic E-state index is 14.2. The molecule has 1 aromatic carbocycles. The average molecular weight is 578 g/mol. The quantitative estimate of drug-likeness (QED) is 0.261. The summed E-state index contributed by atoms with van der Waals surface area (Å²) in [5, 5.41) is 3.08. The summed E-state index contributed by atoms with van der Waals surface area (Å²) in [6, 6.07) is 3.87. The van der Waals surface area contributed by atoms with Gasteiger partial charge in [-0.25, -0.2) is 9.18 Å². The molecule has 4 atom stereocenters. The number of Topliss-reactive ketones (excluding diaryl/α,β-unsaturated/α-hetero) is 1. The van der Waals surface area contributed by atoms with Crippen LogP contribution in [0.3, 0.4) is 0 Å². The second kappa shape index (κ2) is 12.1. The van der Waals surface area contributed by atoms with Crippen molar-refractivity contribution in [3.63, 3.8) is 0 Å². The fraction of sp³-hybridized carbons (Fsp3) is 0.515. The van der Waals surface area contributed by atoms with Crippen molar-refractivity contribution < 1.29 is 28.3 Å². The molecular weight excluding hydrogens is 537 g/mol. The van der Waals surface area contributed by atoms with Crippen molar-refractivity contribution in [2.75, 3.05) is 6.54 Å². The number of ketones is 1. The molecule has 3 amide bonds. The van der Waals surface area contributed by atoms with E-state index in [1.54, 1.807) is 18.2 Å². The van der Waals surface area contributed by atoms with Gasteiger partial charge in [0, 0.05) is 42.7 Å². The third-order valence-electron chi connectivity index (χ3n) is 8.12. The lowest BCUT2D eigenvalue weighted by Crippen LogP contribution is -2.50. The number of rotatable bonds is 9. The fourth-order valence-electron chi connectivity index (χ4n) is 5.61. The highest BCUT2D eigenvalue weighted by molar-refractivity contribution is 5.96. The van der Waals surface area contributed by atoms with Gasteiger partial charge in [0.1, 0.15) is 18.0 Å². The molecule has 2 aliphatic heterocycles. The summed E-state index contributed by atoms with van der Waals surface area (Å²) in [5.41, 5.74) is 1.08. The van der Waals surface area contributed by atoms with E-state index in [-0.39, 0.29) is 80.1 Å². The first-order valence-electron chi connectivity index (χ1n) is 14.4. The SMILES string of the molecule is C=C[C@@H]1C[C@]1(NC(=O)C1CC(OC(=O)N2Cc3cccc(F)c3C2)CN1C(=O)CCCC(=O)C#CC(C)(C)C)C(=C)C. The normalized spacial score (nSPS) is 24.3. The topological polar surface area (TPSA) is 96.0 Å². The number of likely N-dealkylation sites (tertiary alicyclic amines) is 1. The molecule has 0 spiro atoms. The van der Waals surface area contributed by atoms with Gasteiger partial charge in [0.2, 0.25) is 17.6 Å². The summed E-state index contributed by atoms with van der Waals surface area (Å²) in [5.74, 6) is 4.32. The zero-order chi connectivity index (χ0) is 30.8. The summed E-state index contributed by atoms with van der Waals surface area (Å²) < 4.78 is 20.0. The van der Waals surface area contributed by atoms with Crippen LogP contribution in [-0.4, -0.2) is 57.7 Å². The van der Waals surface area contributed by atoms with Crippen molar-refractivity contribution in [3.8, 4) is 11.8 Å². The summed E-state index contributed by atoms with van der Waals surface area (Å²) in [6.45, 7) is 15.8. The molecule has 1 N–H and O–H groups in total. The predicted molar refractivity (Wildman–Crippen MR) is 156 cm³/mol. The largest absolute Gasteiger partial charge is 0.444 e. The van der Waals surface area contributed by atoms with E-state index in [0.717, 1.165) is 11.1 Å². The Bertz CT molecular complexity index is 1370. The van der Waals surface area contributed by atoms with Crippen LogP contribution >= 0.6 is 0 Å². The van der Waals surface area contributed by atoms with Crippen LogP contribution in [0.2, 0.25) is 0 Å². The molecular formula is C33H40FN3O5. The van der Waals surface area contributed by atoms with Gasteiger partial charge in [0.05, 0.1) is 18.6 Å². The van der Waals surface area contributed by atoms with Gasteiger partial charge in [-0.15, -0.1) is 6.58 Å². The molecule has 1 saturated heterocycles. The van der Waals surface area contributed by atoms with Crippen LogP contribution in [0.25, 0.3) is 0 Å². The number of halogens is 1. The summed E-state index contributed by atoms with van der Waals surface area (Å²) in [7, 11) is 0. The summed E-state index contributed by atoms with van der Waals surface area (Å²) in [4.78, 5) is 55.0. The molecule has 2 unspecified atom stereocenters. The van der Waals surface area contributed by atoms with Gasteiger partial charge in [-0.3, -0.25) is 19.3 Å². The van der Waals surface area contributed by atoms with E-state index in [1.807, 2.05) is 27.7 Å². The maximum Gasteiger partial charge on any atom is 0.410 e. The number of fused-ring (bicyclic) bond motifs is 1. The number of nitrogens with one attached hydrogen (secondary N) is 1. The maximum atomic E-state index is 14.2. The monoisotopic (exact) mass is 577 g/mol. The molecule has 2 fully saturated rings. The van der Waals surface area contributed by atoms with Crippen LogP contribution in [0.4, 0.5) is 9.18 Å². The fourth-order valence-corrected chi connectivity index (χ4v) is 5.61. The third kappa shape index (κ3) is 6.92. The number of carbonyl (C=O) groups is 4. The predicted octanol–water partition coefficient (Wildman–Crippen LogP) is 4.67. The minimum absolute atomic E-state index is 0.0422. The van der Waals surface area contributed by atoms with Crippen molar-refractivity contribution >= 4 is 23.7 Å². The summed E-state index contributed by atoms with van der Waals surface area (Å²) >= 11 is 0.